The Hall–Kier alpha value is -1.22. The second-order valence-electron chi connectivity index (χ2n) is 16.6. The third kappa shape index (κ3) is 36.8. The highest BCUT2D eigenvalue weighted by Crippen LogP contribution is 2.21. The van der Waals surface area contributed by atoms with Crippen molar-refractivity contribution in [2.45, 2.75) is 214 Å². The quantitative estimate of drug-likeness (QED) is 0.0466. The first-order valence-electron chi connectivity index (χ1n) is 23.9. The minimum Gasteiger partial charge on any atom is -0.465 e. The van der Waals surface area contributed by atoms with Crippen LogP contribution in [0.3, 0.4) is 0 Å². The van der Waals surface area contributed by atoms with Crippen molar-refractivity contribution < 1.29 is 29.3 Å². The lowest BCUT2D eigenvalue weighted by Gasteiger charge is -2.25. The molecular weight excluding hydrogens is 689 g/mol. The molecule has 0 aliphatic heterocycles. The second-order valence-corrected chi connectivity index (χ2v) is 16.6. The number of hydrogen-bond acceptors (Lipinski definition) is 8. The summed E-state index contributed by atoms with van der Waals surface area (Å²) >= 11 is 0. The van der Waals surface area contributed by atoms with Gasteiger partial charge in [0, 0.05) is 25.9 Å². The maximum atomic E-state index is 12.9. The first-order chi connectivity index (χ1) is 26.9. The van der Waals surface area contributed by atoms with Gasteiger partial charge in [0.1, 0.15) is 0 Å². The maximum Gasteiger partial charge on any atom is 0.305 e. The van der Waals surface area contributed by atoms with Crippen molar-refractivity contribution in [2.75, 3.05) is 65.7 Å². The molecule has 0 radical (unpaired) electrons. The number of ether oxygens (including phenoxy) is 2. The molecule has 0 fully saturated rings. The average Bonchev–Trinajstić information content (AvgIpc) is 3.18. The molecule has 0 aromatic carbocycles. The van der Waals surface area contributed by atoms with Gasteiger partial charge in [0.05, 0.1) is 26.4 Å². The number of esters is 2. The maximum absolute atomic E-state index is 12.9. The minimum atomic E-state index is -0.0905. The summed E-state index contributed by atoms with van der Waals surface area (Å²) in [6, 6.07) is 0. The van der Waals surface area contributed by atoms with Crippen LogP contribution in [0.5, 0.6) is 0 Å². The van der Waals surface area contributed by atoms with Crippen LogP contribution in [0.4, 0.5) is 0 Å². The number of unbranched alkanes of at least 4 members (excludes halogenated alkanes) is 16. The summed E-state index contributed by atoms with van der Waals surface area (Å²) in [4.78, 5) is 30.2. The van der Waals surface area contributed by atoms with Gasteiger partial charge in [0.25, 0.3) is 0 Å². The molecule has 0 saturated carbocycles. The molecule has 0 heterocycles. The van der Waals surface area contributed by atoms with Gasteiger partial charge in [0.2, 0.25) is 0 Å². The van der Waals surface area contributed by atoms with Crippen molar-refractivity contribution in [3.63, 3.8) is 0 Å². The van der Waals surface area contributed by atoms with E-state index in [1.807, 2.05) is 0 Å². The Morgan fingerprint density at radius 2 is 0.691 bits per heavy atom. The van der Waals surface area contributed by atoms with E-state index < -0.39 is 0 Å². The van der Waals surface area contributed by atoms with E-state index in [9.17, 15) is 19.8 Å². The number of nitrogens with zero attached hydrogens (tertiary/aromatic N) is 2. The molecule has 0 rings (SSSR count). The molecule has 55 heavy (non-hydrogen) atoms. The van der Waals surface area contributed by atoms with E-state index in [4.69, 9.17) is 9.47 Å². The van der Waals surface area contributed by atoms with Crippen LogP contribution < -0.4 is 0 Å². The Kier molecular flexibility index (Phi) is 41.4. The number of aliphatic hydroxyl groups excluding tert-OH is 2. The van der Waals surface area contributed by atoms with Gasteiger partial charge < -0.3 is 24.6 Å². The molecule has 0 saturated heterocycles. The fraction of sp³-hybridized carbons (Fsp3) is 0.957. The van der Waals surface area contributed by atoms with Gasteiger partial charge in [-0.25, -0.2) is 0 Å². The van der Waals surface area contributed by atoms with E-state index in [0.717, 1.165) is 71.1 Å². The molecule has 0 amide bonds. The highest BCUT2D eigenvalue weighted by molar-refractivity contribution is 5.69. The summed E-state index contributed by atoms with van der Waals surface area (Å²) in [7, 11) is 0. The molecule has 2 N–H and O–H groups in total. The molecule has 8 heteroatoms. The number of carbonyl (C=O) groups is 2. The van der Waals surface area contributed by atoms with Gasteiger partial charge in [-0.3, -0.25) is 14.5 Å². The Bertz CT molecular complexity index is 754. The first kappa shape index (κ1) is 53.8. The normalized spacial score (nSPS) is 12.8. The predicted molar refractivity (Wildman–Crippen MR) is 233 cm³/mol. The number of hydrogen-bond donors (Lipinski definition) is 2. The molecule has 2 atom stereocenters. The highest BCUT2D eigenvalue weighted by Gasteiger charge is 2.16. The van der Waals surface area contributed by atoms with Crippen molar-refractivity contribution in [1.29, 1.82) is 0 Å². The third-order valence-electron chi connectivity index (χ3n) is 11.3. The molecule has 8 nitrogen and oxygen atoms in total. The fourth-order valence-corrected chi connectivity index (χ4v) is 7.70. The van der Waals surface area contributed by atoms with Gasteiger partial charge in [-0.1, -0.05) is 156 Å². The summed E-state index contributed by atoms with van der Waals surface area (Å²) in [5.41, 5.74) is 0. The lowest BCUT2D eigenvalue weighted by atomic mass is 9.95. The van der Waals surface area contributed by atoms with Crippen LogP contribution in [0.15, 0.2) is 0 Å². The van der Waals surface area contributed by atoms with Gasteiger partial charge in [-0.2, -0.15) is 0 Å². The molecule has 328 valence electrons. The predicted octanol–water partition coefficient (Wildman–Crippen LogP) is 11.3. The minimum absolute atomic E-state index is 0.0745. The first-order valence-corrected chi connectivity index (χ1v) is 23.9. The molecule has 0 aliphatic carbocycles. The van der Waals surface area contributed by atoms with Crippen molar-refractivity contribution in [2.24, 2.45) is 11.8 Å². The Morgan fingerprint density at radius 1 is 0.400 bits per heavy atom. The van der Waals surface area contributed by atoms with Crippen LogP contribution in [0.25, 0.3) is 0 Å². The average molecular weight is 783 g/mol. The molecular formula is C47H94N2O6. The summed E-state index contributed by atoms with van der Waals surface area (Å²) in [6.07, 6.45) is 33.3. The van der Waals surface area contributed by atoms with Crippen LogP contribution in [0.2, 0.25) is 0 Å². The van der Waals surface area contributed by atoms with Crippen LogP contribution in [0, 0.1) is 11.8 Å². The van der Waals surface area contributed by atoms with Crippen molar-refractivity contribution in [3.05, 3.63) is 0 Å². The van der Waals surface area contributed by atoms with E-state index >= 15 is 0 Å². The summed E-state index contributed by atoms with van der Waals surface area (Å²) < 4.78 is 11.7. The molecule has 2 unspecified atom stereocenters. The fourth-order valence-electron chi connectivity index (χ4n) is 7.70. The Balaban J connectivity index is 4.96. The third-order valence-corrected chi connectivity index (χ3v) is 11.3. The standard InChI is InChI=1S/C47H94N2O6/c1-5-9-13-17-19-23-30-44(28-21-15-11-7-3)42-54-46(52)32-25-34-48(36-27-37-49(38-40-50)39-41-51)35-26-33-47(53)55-43-45(29-22-16-12-8-4)31-24-20-18-14-10-6-2/h44-45,50-51H,5-43H2,1-4H3. The lowest BCUT2D eigenvalue weighted by molar-refractivity contribution is -0.146. The van der Waals surface area contributed by atoms with E-state index in [2.05, 4.69) is 37.5 Å². The zero-order valence-electron chi connectivity index (χ0n) is 37.2. The number of aliphatic hydroxyl groups is 2. The van der Waals surface area contributed by atoms with Gasteiger partial charge in [-0.15, -0.1) is 0 Å². The smallest absolute Gasteiger partial charge is 0.305 e. The molecule has 0 aliphatic rings. The molecule has 0 aromatic heterocycles. The van der Waals surface area contributed by atoms with Gasteiger partial charge in [0.15, 0.2) is 0 Å². The van der Waals surface area contributed by atoms with Crippen LogP contribution in [-0.4, -0.2) is 97.6 Å². The zero-order valence-corrected chi connectivity index (χ0v) is 37.2. The van der Waals surface area contributed by atoms with Crippen molar-refractivity contribution >= 4 is 11.9 Å². The topological polar surface area (TPSA) is 99.5 Å². The zero-order chi connectivity index (χ0) is 40.5. The van der Waals surface area contributed by atoms with E-state index in [-0.39, 0.29) is 25.2 Å². The van der Waals surface area contributed by atoms with E-state index in [0.29, 0.717) is 51.0 Å². The molecule has 0 aromatic rings. The lowest BCUT2D eigenvalue weighted by Crippen LogP contribution is -2.34. The van der Waals surface area contributed by atoms with Crippen LogP contribution in [0.1, 0.15) is 214 Å². The van der Waals surface area contributed by atoms with Crippen molar-refractivity contribution in [3.8, 4) is 0 Å². The summed E-state index contributed by atoms with van der Waals surface area (Å²) in [5, 5.41) is 18.9. The Morgan fingerprint density at radius 3 is 1.04 bits per heavy atom. The number of carbonyl (C=O) groups excluding carboxylic acids is 2. The molecule has 0 spiro atoms. The van der Waals surface area contributed by atoms with Crippen LogP contribution in [-0.2, 0) is 19.1 Å². The largest absolute Gasteiger partial charge is 0.465 e. The SMILES string of the molecule is CCCCCCCCC(CCCCCC)COC(=O)CCCN(CCCC(=O)OCC(CCCCCC)CCCCCCCC)CCCN(CCO)CCO. The second kappa shape index (κ2) is 42.4. The van der Waals surface area contributed by atoms with E-state index in [1.165, 1.54) is 128 Å². The summed E-state index contributed by atoms with van der Waals surface area (Å²) in [6.45, 7) is 14.6. The Labute approximate surface area is 341 Å². The highest BCUT2D eigenvalue weighted by atomic mass is 16.5. The van der Waals surface area contributed by atoms with Crippen LogP contribution >= 0.6 is 0 Å². The monoisotopic (exact) mass is 783 g/mol. The number of rotatable bonds is 44. The summed E-state index contributed by atoms with van der Waals surface area (Å²) in [5.74, 6) is 0.756. The van der Waals surface area contributed by atoms with Gasteiger partial charge in [-0.05, 0) is 83.0 Å². The van der Waals surface area contributed by atoms with E-state index in [1.54, 1.807) is 0 Å². The van der Waals surface area contributed by atoms with Gasteiger partial charge >= 0.3 is 11.9 Å². The van der Waals surface area contributed by atoms with Crippen molar-refractivity contribution in [1.82, 2.24) is 9.80 Å². The molecule has 0 bridgehead atoms.